The van der Waals surface area contributed by atoms with E-state index in [4.69, 9.17) is 4.74 Å². The number of nitrogens with zero attached hydrogens (tertiary/aromatic N) is 2. The van der Waals surface area contributed by atoms with Gasteiger partial charge in [-0.3, -0.25) is 9.69 Å². The van der Waals surface area contributed by atoms with Gasteiger partial charge in [0.25, 0.3) is 0 Å². The highest BCUT2D eigenvalue weighted by molar-refractivity contribution is 5.94. The summed E-state index contributed by atoms with van der Waals surface area (Å²) >= 11 is 0. The lowest BCUT2D eigenvalue weighted by molar-refractivity contribution is -0.120. The van der Waals surface area contributed by atoms with Crippen LogP contribution in [0.4, 0.5) is 11.4 Å². The van der Waals surface area contributed by atoms with Crippen molar-refractivity contribution in [2.75, 3.05) is 43.0 Å². The van der Waals surface area contributed by atoms with Crippen LogP contribution in [0.3, 0.4) is 0 Å². The van der Waals surface area contributed by atoms with E-state index < -0.39 is 0 Å². The molecule has 1 aliphatic carbocycles. The maximum absolute atomic E-state index is 12.8. The number of piperazine rings is 1. The Morgan fingerprint density at radius 2 is 1.83 bits per heavy atom. The van der Waals surface area contributed by atoms with Gasteiger partial charge in [-0.2, -0.15) is 0 Å². The molecule has 0 saturated carbocycles. The van der Waals surface area contributed by atoms with E-state index in [1.54, 1.807) is 0 Å². The highest BCUT2D eigenvalue weighted by Crippen LogP contribution is 2.29. The summed E-state index contributed by atoms with van der Waals surface area (Å²) in [6, 6.07) is 14.4. The predicted molar refractivity (Wildman–Crippen MR) is 118 cm³/mol. The lowest BCUT2D eigenvalue weighted by Crippen LogP contribution is -2.52. The number of ether oxygens (including phenoxy) is 1. The summed E-state index contributed by atoms with van der Waals surface area (Å²) < 4.78 is 5.78. The molecule has 0 radical (unpaired) electrons. The highest BCUT2D eigenvalue weighted by Gasteiger charge is 2.27. The summed E-state index contributed by atoms with van der Waals surface area (Å²) in [5.74, 6) is 1.01. The van der Waals surface area contributed by atoms with Gasteiger partial charge in [-0.25, -0.2) is 0 Å². The van der Waals surface area contributed by atoms with Crippen molar-refractivity contribution in [3.63, 3.8) is 0 Å². The summed E-state index contributed by atoms with van der Waals surface area (Å²) in [7, 11) is 0. The first-order valence-corrected chi connectivity index (χ1v) is 10.8. The SMILES string of the molecule is CCOc1ccccc1N1CCN([C@@H](C)C(=O)Nc2ccc3c(c2)CCC3)CC1. The minimum absolute atomic E-state index is 0.0751. The number of fused-ring (bicyclic) bond motifs is 1. The van der Waals surface area contributed by atoms with Crippen molar-refractivity contribution >= 4 is 17.3 Å². The Hall–Kier alpha value is -2.53. The van der Waals surface area contributed by atoms with Gasteiger partial charge in [0.2, 0.25) is 5.91 Å². The second kappa shape index (κ2) is 8.87. The van der Waals surface area contributed by atoms with Crippen LogP contribution in [0.1, 0.15) is 31.4 Å². The van der Waals surface area contributed by atoms with Gasteiger partial charge >= 0.3 is 0 Å². The average molecular weight is 394 g/mol. The number of nitrogens with one attached hydrogen (secondary N) is 1. The van der Waals surface area contributed by atoms with Crippen molar-refractivity contribution in [3.05, 3.63) is 53.6 Å². The topological polar surface area (TPSA) is 44.8 Å². The second-order valence-electron chi connectivity index (χ2n) is 7.93. The number of carbonyl (C=O) groups excluding carboxylic acids is 1. The second-order valence-corrected chi connectivity index (χ2v) is 7.93. The standard InChI is InChI=1S/C24H31N3O2/c1-3-29-23-10-5-4-9-22(23)27-15-13-26(14-16-27)18(2)24(28)25-21-12-11-19-7-6-8-20(19)17-21/h4-5,9-12,17-18H,3,6-8,13-16H2,1-2H3,(H,25,28)/t18-/m0/s1. The Kier molecular flexibility index (Phi) is 6.05. The number of rotatable bonds is 6. The first-order valence-electron chi connectivity index (χ1n) is 10.8. The molecule has 1 saturated heterocycles. The molecule has 154 valence electrons. The van der Waals surface area contributed by atoms with Crippen LogP contribution >= 0.6 is 0 Å². The molecule has 1 amide bonds. The molecule has 1 N–H and O–H groups in total. The van der Waals surface area contributed by atoms with Crippen LogP contribution < -0.4 is 15.0 Å². The van der Waals surface area contributed by atoms with Gasteiger partial charge in [-0.1, -0.05) is 18.2 Å². The quantitative estimate of drug-likeness (QED) is 0.812. The van der Waals surface area contributed by atoms with E-state index in [2.05, 4.69) is 39.4 Å². The molecule has 1 heterocycles. The molecule has 0 aromatic heterocycles. The van der Waals surface area contributed by atoms with Crippen LogP contribution in [0.15, 0.2) is 42.5 Å². The average Bonchev–Trinajstić information content (AvgIpc) is 3.22. The number of hydrogen-bond donors (Lipinski definition) is 1. The summed E-state index contributed by atoms with van der Waals surface area (Å²) in [5.41, 5.74) is 4.88. The number of aryl methyl sites for hydroxylation is 2. The van der Waals surface area contributed by atoms with Crippen LogP contribution in [0.5, 0.6) is 5.75 Å². The molecule has 4 rings (SSSR count). The van der Waals surface area contributed by atoms with Gasteiger partial charge in [0.15, 0.2) is 0 Å². The fourth-order valence-electron chi connectivity index (χ4n) is 4.41. The minimum atomic E-state index is -0.146. The third-order valence-corrected chi connectivity index (χ3v) is 6.11. The first kappa shape index (κ1) is 19.8. The van der Waals surface area contributed by atoms with E-state index >= 15 is 0 Å². The van der Waals surface area contributed by atoms with Gasteiger partial charge in [0.1, 0.15) is 5.75 Å². The lowest BCUT2D eigenvalue weighted by atomic mass is 10.1. The third-order valence-electron chi connectivity index (χ3n) is 6.11. The lowest BCUT2D eigenvalue weighted by Gasteiger charge is -2.39. The molecule has 2 aliphatic rings. The summed E-state index contributed by atoms with van der Waals surface area (Å²) in [4.78, 5) is 17.4. The molecule has 0 unspecified atom stereocenters. The fourth-order valence-corrected chi connectivity index (χ4v) is 4.41. The third kappa shape index (κ3) is 4.40. The Labute approximate surface area is 173 Å². The highest BCUT2D eigenvalue weighted by atomic mass is 16.5. The smallest absolute Gasteiger partial charge is 0.241 e. The fraction of sp³-hybridized carbons (Fsp3) is 0.458. The van der Waals surface area contributed by atoms with Crippen LogP contribution in [-0.4, -0.2) is 49.6 Å². The number of benzene rings is 2. The van der Waals surface area contributed by atoms with E-state index in [1.807, 2.05) is 32.0 Å². The summed E-state index contributed by atoms with van der Waals surface area (Å²) in [5, 5.41) is 3.12. The number of amides is 1. The zero-order valence-electron chi connectivity index (χ0n) is 17.5. The van der Waals surface area contributed by atoms with Gasteiger partial charge in [-0.05, 0) is 68.5 Å². The van der Waals surface area contributed by atoms with Crippen molar-refractivity contribution in [1.82, 2.24) is 4.90 Å². The van der Waals surface area contributed by atoms with Gasteiger partial charge < -0.3 is 15.0 Å². The minimum Gasteiger partial charge on any atom is -0.492 e. The monoisotopic (exact) mass is 393 g/mol. The van der Waals surface area contributed by atoms with Crippen LogP contribution in [0.25, 0.3) is 0 Å². The maximum Gasteiger partial charge on any atom is 0.241 e. The molecule has 1 fully saturated rings. The van der Waals surface area contributed by atoms with E-state index in [0.717, 1.165) is 56.1 Å². The van der Waals surface area contributed by atoms with Gasteiger partial charge in [0.05, 0.1) is 18.3 Å². The first-order chi connectivity index (χ1) is 14.2. The van der Waals surface area contributed by atoms with E-state index in [-0.39, 0.29) is 11.9 Å². The predicted octanol–water partition coefficient (Wildman–Crippen LogP) is 3.72. The number of anilines is 2. The Bertz CT molecular complexity index is 859. The molecule has 2 aromatic carbocycles. The molecule has 5 heteroatoms. The molecular formula is C24H31N3O2. The Morgan fingerprint density at radius 1 is 1.07 bits per heavy atom. The van der Waals surface area contributed by atoms with Gasteiger partial charge in [-0.15, -0.1) is 0 Å². The van der Waals surface area contributed by atoms with Crippen LogP contribution in [-0.2, 0) is 17.6 Å². The number of carbonyl (C=O) groups is 1. The van der Waals surface area contributed by atoms with Crippen molar-refractivity contribution in [2.45, 2.75) is 39.2 Å². The molecule has 5 nitrogen and oxygen atoms in total. The molecule has 1 aliphatic heterocycles. The maximum atomic E-state index is 12.8. The molecule has 0 spiro atoms. The normalized spacial score (nSPS) is 17.7. The van der Waals surface area contributed by atoms with E-state index in [9.17, 15) is 4.79 Å². The molecule has 0 bridgehead atoms. The van der Waals surface area contributed by atoms with Crippen LogP contribution in [0.2, 0.25) is 0 Å². The van der Waals surface area contributed by atoms with Gasteiger partial charge in [0, 0.05) is 31.9 Å². The molecule has 1 atom stereocenters. The molecular weight excluding hydrogens is 362 g/mol. The van der Waals surface area contributed by atoms with Crippen LogP contribution in [0, 0.1) is 0 Å². The Balaban J connectivity index is 1.34. The Morgan fingerprint density at radius 3 is 2.62 bits per heavy atom. The van der Waals surface area contributed by atoms with Crippen molar-refractivity contribution in [1.29, 1.82) is 0 Å². The summed E-state index contributed by atoms with van der Waals surface area (Å²) in [6.45, 7) is 8.18. The molecule has 2 aromatic rings. The number of hydrogen-bond acceptors (Lipinski definition) is 4. The summed E-state index contributed by atoms with van der Waals surface area (Å²) in [6.07, 6.45) is 3.51. The molecule has 29 heavy (non-hydrogen) atoms. The zero-order chi connectivity index (χ0) is 20.2. The van der Waals surface area contributed by atoms with Crippen molar-refractivity contribution in [3.8, 4) is 5.75 Å². The zero-order valence-corrected chi connectivity index (χ0v) is 17.5. The number of para-hydroxylation sites is 2. The van der Waals surface area contributed by atoms with Crippen molar-refractivity contribution < 1.29 is 9.53 Å². The van der Waals surface area contributed by atoms with E-state index in [0.29, 0.717) is 6.61 Å². The largest absolute Gasteiger partial charge is 0.492 e. The van der Waals surface area contributed by atoms with E-state index in [1.165, 1.54) is 17.5 Å². The van der Waals surface area contributed by atoms with Crippen molar-refractivity contribution in [2.24, 2.45) is 0 Å².